The van der Waals surface area contributed by atoms with E-state index < -0.39 is 18.2 Å². The summed E-state index contributed by atoms with van der Waals surface area (Å²) in [6.07, 6.45) is 1.67. The molecule has 0 heterocycles. The van der Waals surface area contributed by atoms with Crippen LogP contribution in [0.5, 0.6) is 0 Å². The lowest BCUT2D eigenvalue weighted by atomic mass is 10.2. The van der Waals surface area contributed by atoms with E-state index in [1.165, 1.54) is 26.2 Å². The number of rotatable bonds is 2. The first-order chi connectivity index (χ1) is 5.65. The quantitative estimate of drug-likeness (QED) is 0.550. The molecule has 4 nitrogen and oxygen atoms in total. The van der Waals surface area contributed by atoms with Gasteiger partial charge in [0.05, 0.1) is 0 Å². The second kappa shape index (κ2) is 3.49. The highest BCUT2D eigenvalue weighted by atomic mass is 16.6. The standard InChI is InChI=1S/C8H10O4/c1-5(9)12-7-4-3-6(10)8(7)11-2/h3-4,7-8H,1-2H3. The molecule has 66 valence electrons. The maximum atomic E-state index is 11.0. The van der Waals surface area contributed by atoms with E-state index in [2.05, 4.69) is 0 Å². The van der Waals surface area contributed by atoms with Crippen molar-refractivity contribution in [2.24, 2.45) is 0 Å². The number of carbonyl (C=O) groups excluding carboxylic acids is 2. The van der Waals surface area contributed by atoms with Crippen LogP contribution in [0.25, 0.3) is 0 Å². The van der Waals surface area contributed by atoms with Crippen LogP contribution >= 0.6 is 0 Å². The van der Waals surface area contributed by atoms with E-state index in [0.29, 0.717) is 0 Å². The van der Waals surface area contributed by atoms with Crippen LogP contribution in [-0.4, -0.2) is 31.1 Å². The Labute approximate surface area is 70.1 Å². The molecule has 0 saturated carbocycles. The molecule has 1 rings (SSSR count). The maximum Gasteiger partial charge on any atom is 0.303 e. The summed E-state index contributed by atoms with van der Waals surface area (Å²) >= 11 is 0. The van der Waals surface area contributed by atoms with Crippen molar-refractivity contribution >= 4 is 11.8 Å². The SMILES string of the molecule is COC1C(=O)C=CC1OC(C)=O. The fraction of sp³-hybridized carbons (Fsp3) is 0.500. The molecule has 0 amide bonds. The third-order valence-electron chi connectivity index (χ3n) is 1.58. The molecule has 0 fully saturated rings. The van der Waals surface area contributed by atoms with Crippen molar-refractivity contribution in [1.82, 2.24) is 0 Å². The van der Waals surface area contributed by atoms with Gasteiger partial charge in [-0.25, -0.2) is 0 Å². The van der Waals surface area contributed by atoms with Gasteiger partial charge in [-0.3, -0.25) is 9.59 Å². The number of ketones is 1. The summed E-state index contributed by atoms with van der Waals surface area (Å²) in [6, 6.07) is 0. The highest BCUT2D eigenvalue weighted by Crippen LogP contribution is 2.14. The van der Waals surface area contributed by atoms with Crippen molar-refractivity contribution in [3.63, 3.8) is 0 Å². The molecule has 0 N–H and O–H groups in total. The Kier molecular flexibility index (Phi) is 2.60. The van der Waals surface area contributed by atoms with Gasteiger partial charge in [-0.2, -0.15) is 0 Å². The topological polar surface area (TPSA) is 52.6 Å². The zero-order valence-electron chi connectivity index (χ0n) is 6.94. The molecule has 0 saturated heterocycles. The molecule has 1 aliphatic carbocycles. The van der Waals surface area contributed by atoms with Crippen LogP contribution in [0.1, 0.15) is 6.92 Å². The van der Waals surface area contributed by atoms with Gasteiger partial charge < -0.3 is 9.47 Å². The minimum atomic E-state index is -0.658. The predicted octanol–water partition coefficient (Wildman–Crippen LogP) is 0.0720. The Hall–Kier alpha value is -1.16. The molecular weight excluding hydrogens is 160 g/mol. The summed E-state index contributed by atoms with van der Waals surface area (Å²) in [4.78, 5) is 21.5. The Bertz CT molecular complexity index is 231. The van der Waals surface area contributed by atoms with Crippen LogP contribution < -0.4 is 0 Å². The van der Waals surface area contributed by atoms with Crippen LogP contribution in [-0.2, 0) is 19.1 Å². The van der Waals surface area contributed by atoms with Crippen LogP contribution in [0.4, 0.5) is 0 Å². The van der Waals surface area contributed by atoms with Crippen molar-refractivity contribution < 1.29 is 19.1 Å². The zero-order valence-corrected chi connectivity index (χ0v) is 6.94. The largest absolute Gasteiger partial charge is 0.455 e. The van der Waals surface area contributed by atoms with Crippen molar-refractivity contribution in [2.75, 3.05) is 7.11 Å². The molecular formula is C8H10O4. The molecule has 2 unspecified atom stereocenters. The fourth-order valence-corrected chi connectivity index (χ4v) is 1.09. The first-order valence-electron chi connectivity index (χ1n) is 3.57. The fourth-order valence-electron chi connectivity index (χ4n) is 1.09. The highest BCUT2D eigenvalue weighted by molar-refractivity contribution is 5.97. The molecule has 0 aromatic carbocycles. The van der Waals surface area contributed by atoms with E-state index in [4.69, 9.17) is 9.47 Å². The van der Waals surface area contributed by atoms with Gasteiger partial charge in [-0.05, 0) is 12.2 Å². The van der Waals surface area contributed by atoms with E-state index in [1.807, 2.05) is 0 Å². The van der Waals surface area contributed by atoms with E-state index in [0.717, 1.165) is 0 Å². The van der Waals surface area contributed by atoms with Gasteiger partial charge in [0.1, 0.15) is 0 Å². The van der Waals surface area contributed by atoms with Crippen molar-refractivity contribution in [3.05, 3.63) is 12.2 Å². The number of carbonyl (C=O) groups is 2. The van der Waals surface area contributed by atoms with Gasteiger partial charge >= 0.3 is 5.97 Å². The van der Waals surface area contributed by atoms with Gasteiger partial charge in [-0.15, -0.1) is 0 Å². The van der Waals surface area contributed by atoms with Crippen LogP contribution in [0.15, 0.2) is 12.2 Å². The zero-order chi connectivity index (χ0) is 9.14. The summed E-state index contributed by atoms with van der Waals surface area (Å²) in [5.41, 5.74) is 0. The minimum absolute atomic E-state index is 0.163. The molecule has 2 atom stereocenters. The maximum absolute atomic E-state index is 11.0. The second-order valence-electron chi connectivity index (χ2n) is 2.49. The van der Waals surface area contributed by atoms with Gasteiger partial charge in [0.25, 0.3) is 0 Å². The van der Waals surface area contributed by atoms with Crippen LogP contribution in [0.3, 0.4) is 0 Å². The lowest BCUT2D eigenvalue weighted by Gasteiger charge is -2.15. The van der Waals surface area contributed by atoms with Gasteiger partial charge in [0.2, 0.25) is 0 Å². The first kappa shape index (κ1) is 8.93. The lowest BCUT2D eigenvalue weighted by molar-refractivity contribution is -0.151. The molecule has 0 aromatic heterocycles. The summed E-state index contributed by atoms with van der Waals surface area (Å²) in [5.74, 6) is -0.579. The number of esters is 1. The Morgan fingerprint density at radius 2 is 2.25 bits per heavy atom. The number of ether oxygens (including phenoxy) is 2. The number of methoxy groups -OCH3 is 1. The predicted molar refractivity (Wildman–Crippen MR) is 40.5 cm³/mol. The monoisotopic (exact) mass is 170 g/mol. The highest BCUT2D eigenvalue weighted by Gasteiger charge is 2.32. The Morgan fingerprint density at radius 3 is 2.75 bits per heavy atom. The summed E-state index contributed by atoms with van der Waals surface area (Å²) in [5, 5.41) is 0. The van der Waals surface area contributed by atoms with Crippen molar-refractivity contribution in [3.8, 4) is 0 Å². The van der Waals surface area contributed by atoms with Gasteiger partial charge in [0.15, 0.2) is 18.0 Å². The number of hydrogen-bond acceptors (Lipinski definition) is 4. The second-order valence-corrected chi connectivity index (χ2v) is 2.49. The lowest BCUT2D eigenvalue weighted by Crippen LogP contribution is -2.32. The van der Waals surface area contributed by atoms with Crippen molar-refractivity contribution in [1.29, 1.82) is 0 Å². The van der Waals surface area contributed by atoms with Gasteiger partial charge in [0, 0.05) is 14.0 Å². The summed E-state index contributed by atoms with van der Waals surface area (Å²) in [6.45, 7) is 1.29. The normalized spacial score (nSPS) is 27.7. The van der Waals surface area contributed by atoms with E-state index in [9.17, 15) is 9.59 Å². The third-order valence-corrected chi connectivity index (χ3v) is 1.58. The molecule has 0 bridgehead atoms. The first-order valence-corrected chi connectivity index (χ1v) is 3.57. The molecule has 0 spiro atoms. The average molecular weight is 170 g/mol. The van der Waals surface area contributed by atoms with Crippen LogP contribution in [0, 0.1) is 0 Å². The molecule has 0 aromatic rings. The molecule has 4 heteroatoms. The molecule has 0 radical (unpaired) electrons. The Morgan fingerprint density at radius 1 is 1.58 bits per heavy atom. The summed E-state index contributed by atoms with van der Waals surface area (Å²) in [7, 11) is 1.41. The number of hydrogen-bond donors (Lipinski definition) is 0. The summed E-state index contributed by atoms with van der Waals surface area (Å²) < 4.78 is 9.66. The van der Waals surface area contributed by atoms with E-state index in [-0.39, 0.29) is 5.78 Å². The molecule has 0 aliphatic heterocycles. The minimum Gasteiger partial charge on any atom is -0.455 e. The van der Waals surface area contributed by atoms with E-state index in [1.54, 1.807) is 0 Å². The third kappa shape index (κ3) is 1.71. The Balaban J connectivity index is 2.60. The molecule has 12 heavy (non-hydrogen) atoms. The van der Waals surface area contributed by atoms with Crippen molar-refractivity contribution in [2.45, 2.75) is 19.1 Å². The smallest absolute Gasteiger partial charge is 0.303 e. The average Bonchev–Trinajstić information content (AvgIpc) is 2.30. The van der Waals surface area contributed by atoms with Gasteiger partial charge in [-0.1, -0.05) is 0 Å². The van der Waals surface area contributed by atoms with Crippen LogP contribution in [0.2, 0.25) is 0 Å². The van der Waals surface area contributed by atoms with E-state index >= 15 is 0 Å². The molecule has 1 aliphatic rings.